The molecule has 1 atom stereocenters. The van der Waals surface area contributed by atoms with Gasteiger partial charge in [0.1, 0.15) is 0 Å². The molecule has 2 heteroatoms. The number of hydrogen-bond acceptors (Lipinski definition) is 2. The minimum Gasteiger partial charge on any atom is -0.369 e. The molecule has 2 N–H and O–H groups in total. The number of aryl methyl sites for hydroxylation is 1. The summed E-state index contributed by atoms with van der Waals surface area (Å²) in [6.07, 6.45) is -0.663. The summed E-state index contributed by atoms with van der Waals surface area (Å²) >= 11 is 0. The van der Waals surface area contributed by atoms with Crippen LogP contribution in [0.15, 0.2) is 54.6 Å². The first kappa shape index (κ1) is 10.7. The van der Waals surface area contributed by atoms with E-state index in [9.17, 15) is 5.11 Å². The Morgan fingerprint density at radius 3 is 2.19 bits per heavy atom. The number of rotatable bonds is 3. The highest BCUT2D eigenvalue weighted by Crippen LogP contribution is 2.17. The van der Waals surface area contributed by atoms with E-state index in [4.69, 9.17) is 0 Å². The molecule has 0 amide bonds. The molecule has 82 valence electrons. The quantitative estimate of drug-likeness (QED) is 0.768. The van der Waals surface area contributed by atoms with Crippen LogP contribution in [-0.2, 0) is 0 Å². The molecule has 0 bridgehead atoms. The fourth-order valence-electron chi connectivity index (χ4n) is 1.53. The highest BCUT2D eigenvalue weighted by atomic mass is 16.3. The van der Waals surface area contributed by atoms with Gasteiger partial charge in [0.05, 0.1) is 0 Å². The molecule has 2 aromatic carbocycles. The summed E-state index contributed by atoms with van der Waals surface area (Å²) < 4.78 is 0. The van der Waals surface area contributed by atoms with E-state index in [0.29, 0.717) is 0 Å². The van der Waals surface area contributed by atoms with E-state index in [-0.39, 0.29) is 0 Å². The van der Waals surface area contributed by atoms with Gasteiger partial charge in [-0.2, -0.15) is 0 Å². The Labute approximate surface area is 95.6 Å². The Morgan fingerprint density at radius 1 is 0.938 bits per heavy atom. The van der Waals surface area contributed by atoms with Crippen LogP contribution in [0.3, 0.4) is 0 Å². The van der Waals surface area contributed by atoms with Crippen LogP contribution in [0.25, 0.3) is 0 Å². The first-order chi connectivity index (χ1) is 7.75. The summed E-state index contributed by atoms with van der Waals surface area (Å²) in [5.41, 5.74) is 2.99. The Bertz CT molecular complexity index is 436. The highest BCUT2D eigenvalue weighted by molar-refractivity contribution is 5.45. The van der Waals surface area contributed by atoms with Crippen molar-refractivity contribution in [2.75, 3.05) is 5.32 Å². The van der Waals surface area contributed by atoms with Gasteiger partial charge in [-0.1, -0.05) is 48.0 Å². The van der Waals surface area contributed by atoms with Crippen molar-refractivity contribution in [2.45, 2.75) is 13.2 Å². The second-order valence-electron chi connectivity index (χ2n) is 3.82. The van der Waals surface area contributed by atoms with Crippen LogP contribution in [0.2, 0.25) is 0 Å². The number of hydrogen-bond donors (Lipinski definition) is 2. The van der Waals surface area contributed by atoms with Crippen molar-refractivity contribution >= 4 is 5.69 Å². The number of benzene rings is 2. The van der Waals surface area contributed by atoms with Crippen molar-refractivity contribution in [2.24, 2.45) is 0 Å². The average molecular weight is 213 g/mol. The van der Waals surface area contributed by atoms with Gasteiger partial charge in [-0.05, 0) is 19.1 Å². The molecule has 2 aromatic rings. The molecule has 2 nitrogen and oxygen atoms in total. The van der Waals surface area contributed by atoms with Crippen molar-refractivity contribution < 1.29 is 5.11 Å². The summed E-state index contributed by atoms with van der Waals surface area (Å²) in [7, 11) is 0. The molecule has 0 aliphatic heterocycles. The fraction of sp³-hybridized carbons (Fsp3) is 0.143. The first-order valence-corrected chi connectivity index (χ1v) is 5.32. The summed E-state index contributed by atoms with van der Waals surface area (Å²) in [5.74, 6) is 0. The van der Waals surface area contributed by atoms with Crippen LogP contribution in [0.4, 0.5) is 5.69 Å². The number of aliphatic hydroxyl groups excluding tert-OH is 1. The monoisotopic (exact) mass is 213 g/mol. The Kier molecular flexibility index (Phi) is 3.22. The predicted octanol–water partition coefficient (Wildman–Crippen LogP) is 3.10. The van der Waals surface area contributed by atoms with Crippen LogP contribution in [0.5, 0.6) is 0 Å². The zero-order chi connectivity index (χ0) is 11.4. The summed E-state index contributed by atoms with van der Waals surface area (Å²) in [6, 6.07) is 17.5. The van der Waals surface area contributed by atoms with Crippen LogP contribution in [-0.4, -0.2) is 5.11 Å². The van der Waals surface area contributed by atoms with E-state index >= 15 is 0 Å². The lowest BCUT2D eigenvalue weighted by atomic mass is 10.2. The number of anilines is 1. The van der Waals surface area contributed by atoms with Crippen LogP contribution >= 0.6 is 0 Å². The van der Waals surface area contributed by atoms with Gasteiger partial charge in [0.2, 0.25) is 0 Å². The van der Waals surface area contributed by atoms with Crippen molar-refractivity contribution in [3.8, 4) is 0 Å². The summed E-state index contributed by atoms with van der Waals surface area (Å²) in [4.78, 5) is 0. The van der Waals surface area contributed by atoms with Gasteiger partial charge in [0.15, 0.2) is 6.23 Å². The minimum absolute atomic E-state index is 0.663. The third-order valence-electron chi connectivity index (χ3n) is 2.47. The van der Waals surface area contributed by atoms with Gasteiger partial charge < -0.3 is 10.4 Å². The van der Waals surface area contributed by atoms with Gasteiger partial charge in [-0.15, -0.1) is 0 Å². The lowest BCUT2D eigenvalue weighted by molar-refractivity contribution is 0.208. The third kappa shape index (κ3) is 2.61. The zero-order valence-corrected chi connectivity index (χ0v) is 9.22. The van der Waals surface area contributed by atoms with E-state index in [1.165, 1.54) is 5.56 Å². The number of nitrogens with one attached hydrogen (secondary N) is 1. The molecule has 0 aromatic heterocycles. The van der Waals surface area contributed by atoms with E-state index in [1.807, 2.05) is 61.5 Å². The zero-order valence-electron chi connectivity index (χ0n) is 9.22. The molecule has 0 saturated heterocycles. The molecule has 0 heterocycles. The SMILES string of the molecule is Cc1ccc(NC(O)c2ccccc2)cc1. The average Bonchev–Trinajstić information content (AvgIpc) is 2.33. The molecule has 0 fully saturated rings. The molecule has 0 saturated carbocycles. The fourth-order valence-corrected chi connectivity index (χ4v) is 1.53. The van der Waals surface area contributed by atoms with Gasteiger partial charge in [-0.25, -0.2) is 0 Å². The van der Waals surface area contributed by atoms with Gasteiger partial charge >= 0.3 is 0 Å². The molecular formula is C14H15NO. The molecule has 0 aliphatic carbocycles. The van der Waals surface area contributed by atoms with Gasteiger partial charge in [0.25, 0.3) is 0 Å². The second-order valence-corrected chi connectivity index (χ2v) is 3.82. The highest BCUT2D eigenvalue weighted by Gasteiger charge is 2.05. The van der Waals surface area contributed by atoms with Crippen LogP contribution in [0.1, 0.15) is 17.4 Å². The maximum atomic E-state index is 9.93. The Morgan fingerprint density at radius 2 is 1.56 bits per heavy atom. The normalized spacial score (nSPS) is 12.1. The van der Waals surface area contributed by atoms with E-state index in [2.05, 4.69) is 5.32 Å². The maximum absolute atomic E-state index is 9.93. The summed E-state index contributed by atoms with van der Waals surface area (Å²) in [5, 5.41) is 13.0. The topological polar surface area (TPSA) is 32.3 Å². The standard InChI is InChI=1S/C14H15NO/c1-11-7-9-13(10-8-11)15-14(16)12-5-3-2-4-6-12/h2-10,14-16H,1H3. The lowest BCUT2D eigenvalue weighted by Gasteiger charge is -2.14. The predicted molar refractivity (Wildman–Crippen MR) is 66.2 cm³/mol. The molecule has 16 heavy (non-hydrogen) atoms. The lowest BCUT2D eigenvalue weighted by Crippen LogP contribution is -2.09. The van der Waals surface area contributed by atoms with Crippen molar-refractivity contribution in [3.05, 3.63) is 65.7 Å². The number of aliphatic hydroxyl groups is 1. The Balaban J connectivity index is 2.08. The van der Waals surface area contributed by atoms with Crippen molar-refractivity contribution in [1.29, 1.82) is 0 Å². The van der Waals surface area contributed by atoms with E-state index < -0.39 is 6.23 Å². The second kappa shape index (κ2) is 4.81. The van der Waals surface area contributed by atoms with E-state index in [0.717, 1.165) is 11.3 Å². The van der Waals surface area contributed by atoms with Crippen molar-refractivity contribution in [3.63, 3.8) is 0 Å². The first-order valence-electron chi connectivity index (χ1n) is 5.32. The minimum atomic E-state index is -0.663. The molecule has 2 rings (SSSR count). The van der Waals surface area contributed by atoms with Crippen LogP contribution in [0, 0.1) is 6.92 Å². The third-order valence-corrected chi connectivity index (χ3v) is 2.47. The Hall–Kier alpha value is -1.80. The van der Waals surface area contributed by atoms with Crippen LogP contribution < -0.4 is 5.32 Å². The van der Waals surface area contributed by atoms with Crippen molar-refractivity contribution in [1.82, 2.24) is 0 Å². The van der Waals surface area contributed by atoms with Gasteiger partial charge in [0, 0.05) is 11.3 Å². The summed E-state index contributed by atoms with van der Waals surface area (Å²) in [6.45, 7) is 2.04. The van der Waals surface area contributed by atoms with E-state index in [1.54, 1.807) is 0 Å². The van der Waals surface area contributed by atoms with Gasteiger partial charge in [-0.3, -0.25) is 0 Å². The largest absolute Gasteiger partial charge is 0.369 e. The smallest absolute Gasteiger partial charge is 0.150 e. The molecule has 0 spiro atoms. The molecular weight excluding hydrogens is 198 g/mol. The maximum Gasteiger partial charge on any atom is 0.150 e. The molecule has 1 unspecified atom stereocenters. The molecule has 0 radical (unpaired) electrons. The molecule has 0 aliphatic rings.